The lowest BCUT2D eigenvalue weighted by Crippen LogP contribution is -2.49. The summed E-state index contributed by atoms with van der Waals surface area (Å²) in [6.07, 6.45) is 3.02. The molecule has 7 nitrogen and oxygen atoms in total. The van der Waals surface area contributed by atoms with Gasteiger partial charge in [0.05, 0.1) is 11.0 Å². The summed E-state index contributed by atoms with van der Waals surface area (Å²) in [4.78, 5) is 31.2. The number of nitrogens with zero attached hydrogens (tertiary/aromatic N) is 4. The molecule has 0 spiro atoms. The molecule has 3 rings (SSSR count). The third-order valence-corrected chi connectivity index (χ3v) is 4.32. The van der Waals surface area contributed by atoms with Gasteiger partial charge in [0.2, 0.25) is 11.9 Å². The molecule has 132 valence electrons. The smallest absolute Gasteiger partial charge is 0.328 e. The minimum atomic E-state index is -1.11. The number of rotatable bonds is 5. The number of fused-ring (bicyclic) bond motifs is 1. The van der Waals surface area contributed by atoms with Crippen LogP contribution in [-0.2, 0) is 16.1 Å². The lowest BCUT2D eigenvalue weighted by Gasteiger charge is -2.35. The highest BCUT2D eigenvalue weighted by molar-refractivity contribution is 5.94. The van der Waals surface area contributed by atoms with Crippen molar-refractivity contribution in [1.29, 1.82) is 0 Å². The van der Waals surface area contributed by atoms with Gasteiger partial charge in [0.15, 0.2) is 0 Å². The standard InChI is InChI=1S/C18H22N4O3/c1-2-9-22-15-6-4-3-5-14(15)19-18(22)21-12-10-20(11-13-21)16(23)7-8-17(24)25/h3-8H,2,9-13H2,1H3,(H,24,25)/b8-7+. The molecule has 2 aromatic rings. The van der Waals surface area contributed by atoms with Crippen molar-refractivity contribution in [3.8, 4) is 0 Å². The molecular formula is C18H22N4O3. The quantitative estimate of drug-likeness (QED) is 0.837. The zero-order valence-electron chi connectivity index (χ0n) is 14.3. The van der Waals surface area contributed by atoms with E-state index in [1.54, 1.807) is 4.90 Å². The molecule has 0 unspecified atom stereocenters. The van der Waals surface area contributed by atoms with E-state index in [1.807, 2.05) is 18.2 Å². The number of aryl methyl sites for hydroxylation is 1. The number of piperazine rings is 1. The summed E-state index contributed by atoms with van der Waals surface area (Å²) in [5.41, 5.74) is 2.11. The Morgan fingerprint density at radius 2 is 1.88 bits per heavy atom. The molecule has 2 heterocycles. The number of carboxylic acids is 1. The monoisotopic (exact) mass is 342 g/mol. The predicted octanol–water partition coefficient (Wildman–Crippen LogP) is 1.74. The summed E-state index contributed by atoms with van der Waals surface area (Å²) in [5.74, 6) is -0.430. The molecule has 1 N–H and O–H groups in total. The summed E-state index contributed by atoms with van der Waals surface area (Å²) < 4.78 is 2.23. The van der Waals surface area contributed by atoms with Gasteiger partial charge in [0.25, 0.3) is 0 Å². The molecule has 0 aliphatic carbocycles. The van der Waals surface area contributed by atoms with Crippen molar-refractivity contribution in [2.45, 2.75) is 19.9 Å². The Hall–Kier alpha value is -2.83. The second-order valence-corrected chi connectivity index (χ2v) is 6.04. The van der Waals surface area contributed by atoms with Gasteiger partial charge in [-0.15, -0.1) is 0 Å². The first kappa shape index (κ1) is 17.0. The van der Waals surface area contributed by atoms with Crippen LogP contribution in [0, 0.1) is 0 Å². The fourth-order valence-electron chi connectivity index (χ4n) is 3.12. The van der Waals surface area contributed by atoms with E-state index in [4.69, 9.17) is 10.1 Å². The maximum Gasteiger partial charge on any atom is 0.328 e. The maximum absolute atomic E-state index is 12.0. The molecule has 1 saturated heterocycles. The third kappa shape index (κ3) is 3.65. The van der Waals surface area contributed by atoms with E-state index in [1.165, 1.54) is 0 Å². The van der Waals surface area contributed by atoms with Gasteiger partial charge < -0.3 is 19.5 Å². The van der Waals surface area contributed by atoms with Crippen LogP contribution < -0.4 is 4.90 Å². The number of benzene rings is 1. The minimum Gasteiger partial charge on any atom is -0.478 e. The van der Waals surface area contributed by atoms with Gasteiger partial charge in [0.1, 0.15) is 0 Å². The third-order valence-electron chi connectivity index (χ3n) is 4.32. The van der Waals surface area contributed by atoms with Gasteiger partial charge in [-0.1, -0.05) is 19.1 Å². The number of para-hydroxylation sites is 2. The molecule has 0 saturated carbocycles. The topological polar surface area (TPSA) is 78.7 Å². The fourth-order valence-corrected chi connectivity index (χ4v) is 3.12. The Labute approximate surface area is 146 Å². The first-order valence-corrected chi connectivity index (χ1v) is 8.50. The van der Waals surface area contributed by atoms with Crippen molar-refractivity contribution in [3.63, 3.8) is 0 Å². The second kappa shape index (κ2) is 7.38. The van der Waals surface area contributed by atoms with Crippen molar-refractivity contribution in [2.75, 3.05) is 31.1 Å². The van der Waals surface area contributed by atoms with Crippen molar-refractivity contribution in [2.24, 2.45) is 0 Å². The lowest BCUT2D eigenvalue weighted by molar-refractivity contribution is -0.132. The molecule has 1 aliphatic heterocycles. The molecule has 0 radical (unpaired) electrons. The van der Waals surface area contributed by atoms with Gasteiger partial charge in [-0.2, -0.15) is 0 Å². The molecule has 0 atom stereocenters. The highest BCUT2D eigenvalue weighted by atomic mass is 16.4. The number of carbonyl (C=O) groups excluding carboxylic acids is 1. The summed E-state index contributed by atoms with van der Waals surface area (Å²) >= 11 is 0. The Morgan fingerprint density at radius 1 is 1.16 bits per heavy atom. The van der Waals surface area contributed by atoms with E-state index in [0.29, 0.717) is 26.2 Å². The number of hydrogen-bond acceptors (Lipinski definition) is 4. The number of carboxylic acid groups (broad SMARTS) is 1. The summed E-state index contributed by atoms with van der Waals surface area (Å²) in [5, 5.41) is 8.62. The Kier molecular flexibility index (Phi) is 5.02. The number of carbonyl (C=O) groups is 2. The number of aromatic nitrogens is 2. The van der Waals surface area contributed by atoms with Crippen LogP contribution in [0.5, 0.6) is 0 Å². The number of anilines is 1. The maximum atomic E-state index is 12.0. The number of aliphatic carboxylic acids is 1. The second-order valence-electron chi connectivity index (χ2n) is 6.04. The van der Waals surface area contributed by atoms with Gasteiger partial charge in [-0.25, -0.2) is 9.78 Å². The van der Waals surface area contributed by atoms with Gasteiger partial charge in [-0.3, -0.25) is 4.79 Å². The summed E-state index contributed by atoms with van der Waals surface area (Å²) in [7, 11) is 0. The molecule has 1 amide bonds. The van der Waals surface area contributed by atoms with Crippen LogP contribution >= 0.6 is 0 Å². The first-order chi connectivity index (χ1) is 12.1. The molecular weight excluding hydrogens is 320 g/mol. The Morgan fingerprint density at radius 3 is 2.56 bits per heavy atom. The first-order valence-electron chi connectivity index (χ1n) is 8.50. The number of amides is 1. The van der Waals surface area contributed by atoms with E-state index in [2.05, 4.69) is 22.5 Å². The van der Waals surface area contributed by atoms with Gasteiger partial charge >= 0.3 is 5.97 Å². The fraction of sp³-hybridized carbons (Fsp3) is 0.389. The highest BCUT2D eigenvalue weighted by Crippen LogP contribution is 2.24. The molecule has 1 fully saturated rings. The van der Waals surface area contributed by atoms with Crippen LogP contribution in [0.4, 0.5) is 5.95 Å². The van der Waals surface area contributed by atoms with E-state index in [0.717, 1.165) is 42.1 Å². The van der Waals surface area contributed by atoms with Crippen LogP contribution in [0.15, 0.2) is 36.4 Å². The summed E-state index contributed by atoms with van der Waals surface area (Å²) in [6.45, 7) is 5.51. The SMILES string of the molecule is CCCn1c(N2CCN(C(=O)/C=C/C(=O)O)CC2)nc2ccccc21. The van der Waals surface area contributed by atoms with Crippen LogP contribution in [0.25, 0.3) is 11.0 Å². The van der Waals surface area contributed by atoms with Crippen molar-refractivity contribution in [1.82, 2.24) is 14.5 Å². The van der Waals surface area contributed by atoms with E-state index < -0.39 is 5.97 Å². The predicted molar refractivity (Wildman–Crippen MR) is 95.6 cm³/mol. The van der Waals surface area contributed by atoms with E-state index >= 15 is 0 Å². The number of imidazole rings is 1. The van der Waals surface area contributed by atoms with Gasteiger partial charge in [0, 0.05) is 44.9 Å². The summed E-state index contributed by atoms with van der Waals surface area (Å²) in [6, 6.07) is 8.10. The van der Waals surface area contributed by atoms with Crippen molar-refractivity contribution in [3.05, 3.63) is 36.4 Å². The molecule has 1 aromatic carbocycles. The molecule has 25 heavy (non-hydrogen) atoms. The normalized spacial score (nSPS) is 15.2. The zero-order chi connectivity index (χ0) is 17.8. The van der Waals surface area contributed by atoms with Crippen LogP contribution in [0.3, 0.4) is 0 Å². The molecule has 1 aliphatic rings. The largest absolute Gasteiger partial charge is 0.478 e. The Bertz CT molecular complexity index is 804. The average molecular weight is 342 g/mol. The molecule has 1 aromatic heterocycles. The molecule has 0 bridgehead atoms. The van der Waals surface area contributed by atoms with Crippen molar-refractivity contribution >= 4 is 28.9 Å². The van der Waals surface area contributed by atoms with Crippen LogP contribution in [0.2, 0.25) is 0 Å². The lowest BCUT2D eigenvalue weighted by atomic mass is 10.3. The van der Waals surface area contributed by atoms with Gasteiger partial charge in [-0.05, 0) is 18.6 Å². The van der Waals surface area contributed by atoms with Crippen LogP contribution in [0.1, 0.15) is 13.3 Å². The van der Waals surface area contributed by atoms with Crippen molar-refractivity contribution < 1.29 is 14.7 Å². The zero-order valence-corrected chi connectivity index (χ0v) is 14.3. The molecule has 7 heteroatoms. The number of hydrogen-bond donors (Lipinski definition) is 1. The Balaban J connectivity index is 1.75. The van der Waals surface area contributed by atoms with E-state index in [-0.39, 0.29) is 5.91 Å². The minimum absolute atomic E-state index is 0.260. The highest BCUT2D eigenvalue weighted by Gasteiger charge is 2.23. The van der Waals surface area contributed by atoms with Crippen LogP contribution in [-0.4, -0.2) is 57.6 Å². The van der Waals surface area contributed by atoms with E-state index in [9.17, 15) is 9.59 Å². The average Bonchev–Trinajstić information content (AvgIpc) is 2.99.